The molecule has 4 rings (SSSR count). The van der Waals surface area contributed by atoms with E-state index in [1.165, 1.54) is 23.5 Å². The molecule has 1 unspecified atom stereocenters. The highest BCUT2D eigenvalue weighted by molar-refractivity contribution is 7.15. The van der Waals surface area contributed by atoms with Gasteiger partial charge in [0, 0.05) is 11.1 Å². The number of nitrogens with zero attached hydrogens (tertiary/aromatic N) is 2. The van der Waals surface area contributed by atoms with Crippen molar-refractivity contribution in [2.24, 2.45) is 0 Å². The maximum atomic E-state index is 12.9. The number of benzene rings is 2. The molecule has 0 saturated heterocycles. The first-order chi connectivity index (χ1) is 16.2. The quantitative estimate of drug-likeness (QED) is 0.317. The van der Waals surface area contributed by atoms with Crippen LogP contribution < -0.4 is 10.5 Å². The van der Waals surface area contributed by atoms with Crippen molar-refractivity contribution in [1.82, 2.24) is 15.1 Å². The maximum absolute atomic E-state index is 12.9. The summed E-state index contributed by atoms with van der Waals surface area (Å²) in [7, 11) is 0. The van der Waals surface area contributed by atoms with E-state index in [1.807, 2.05) is 32.9 Å². The summed E-state index contributed by atoms with van der Waals surface area (Å²) in [5.41, 5.74) is 2.40. The highest BCUT2D eigenvalue weighted by Crippen LogP contribution is 2.37. The molecule has 2 heterocycles. The van der Waals surface area contributed by atoms with E-state index >= 15 is 0 Å². The Hall–Kier alpha value is -3.40. The van der Waals surface area contributed by atoms with Crippen LogP contribution in [0.1, 0.15) is 48.1 Å². The second-order valence-corrected chi connectivity index (χ2v) is 8.71. The third kappa shape index (κ3) is 4.91. The standard InChI is InChI=1S/C24H22F3N3O3S/c1-4-14-12-17(10-11-18(14)21-29-23(31)33-30-21)32-19(5-2)20-13(3)28-22(34-20)15-6-8-16(9-7-15)24(25,26)27/h6-12,19H,4-5H2,1-3H3,(H,29,30,31). The highest BCUT2D eigenvalue weighted by atomic mass is 32.1. The summed E-state index contributed by atoms with van der Waals surface area (Å²) in [5, 5.41) is 4.40. The molecule has 0 bridgehead atoms. The van der Waals surface area contributed by atoms with Crippen molar-refractivity contribution >= 4 is 11.3 Å². The van der Waals surface area contributed by atoms with Crippen molar-refractivity contribution < 1.29 is 22.4 Å². The Morgan fingerprint density at radius 2 is 1.88 bits per heavy atom. The average molecular weight is 490 g/mol. The molecule has 10 heteroatoms. The summed E-state index contributed by atoms with van der Waals surface area (Å²) in [4.78, 5) is 19.4. The Balaban J connectivity index is 1.58. The van der Waals surface area contributed by atoms with Crippen molar-refractivity contribution in [3.05, 3.63) is 74.7 Å². The molecule has 1 atom stereocenters. The Morgan fingerprint density at radius 3 is 2.47 bits per heavy atom. The Morgan fingerprint density at radius 1 is 1.15 bits per heavy atom. The fraction of sp³-hybridized carbons (Fsp3) is 0.292. The molecule has 1 N–H and O–H groups in total. The van der Waals surface area contributed by atoms with Crippen molar-refractivity contribution in [2.75, 3.05) is 0 Å². The number of nitrogens with one attached hydrogen (secondary N) is 1. The van der Waals surface area contributed by atoms with Crippen LogP contribution in [0.25, 0.3) is 22.0 Å². The van der Waals surface area contributed by atoms with Gasteiger partial charge in [-0.1, -0.05) is 31.1 Å². The van der Waals surface area contributed by atoms with Gasteiger partial charge in [0.2, 0.25) is 0 Å². The number of hydrogen-bond donors (Lipinski definition) is 1. The number of rotatable bonds is 7. The first-order valence-corrected chi connectivity index (χ1v) is 11.5. The van der Waals surface area contributed by atoms with Crippen LogP contribution in [0.15, 0.2) is 51.8 Å². The Kier molecular flexibility index (Phi) is 6.60. The normalized spacial score (nSPS) is 12.6. The maximum Gasteiger partial charge on any atom is 0.439 e. The highest BCUT2D eigenvalue weighted by Gasteiger charge is 2.30. The molecule has 2 aromatic heterocycles. The zero-order valence-electron chi connectivity index (χ0n) is 18.7. The molecule has 0 aliphatic rings. The molecule has 0 saturated carbocycles. The van der Waals surface area contributed by atoms with E-state index in [2.05, 4.69) is 19.6 Å². The third-order valence-electron chi connectivity index (χ3n) is 5.39. The Labute approximate surface area is 197 Å². The van der Waals surface area contributed by atoms with E-state index in [9.17, 15) is 18.0 Å². The first-order valence-electron chi connectivity index (χ1n) is 10.7. The van der Waals surface area contributed by atoms with Crippen molar-refractivity contribution in [3.8, 4) is 27.7 Å². The minimum absolute atomic E-state index is 0.275. The number of alkyl halides is 3. The molecule has 6 nitrogen and oxygen atoms in total. The second-order valence-electron chi connectivity index (χ2n) is 7.67. The van der Waals surface area contributed by atoms with Gasteiger partial charge in [0.1, 0.15) is 16.9 Å². The van der Waals surface area contributed by atoms with Crippen LogP contribution in [0.5, 0.6) is 5.75 Å². The number of ether oxygens (including phenoxy) is 1. The van der Waals surface area contributed by atoms with Crippen LogP contribution in [0.4, 0.5) is 13.2 Å². The van der Waals surface area contributed by atoms with Gasteiger partial charge in [0.05, 0.1) is 16.1 Å². The summed E-state index contributed by atoms with van der Waals surface area (Å²) in [6.07, 6.45) is -3.28. The zero-order chi connectivity index (χ0) is 24.5. The largest absolute Gasteiger partial charge is 0.485 e. The lowest BCUT2D eigenvalue weighted by Crippen LogP contribution is -2.06. The number of halogens is 3. The molecule has 0 fully saturated rings. The van der Waals surface area contributed by atoms with Crippen LogP contribution in [-0.2, 0) is 12.6 Å². The average Bonchev–Trinajstić information content (AvgIpc) is 3.42. The van der Waals surface area contributed by atoms with E-state index in [0.717, 1.165) is 33.8 Å². The topological polar surface area (TPSA) is 81.0 Å². The summed E-state index contributed by atoms with van der Waals surface area (Å²) in [5.74, 6) is 0.398. The molecule has 0 amide bonds. The van der Waals surface area contributed by atoms with Crippen LogP contribution in [0.2, 0.25) is 0 Å². The molecule has 0 spiro atoms. The van der Waals surface area contributed by atoms with Gasteiger partial charge in [0.15, 0.2) is 5.82 Å². The molecule has 34 heavy (non-hydrogen) atoms. The summed E-state index contributed by atoms with van der Waals surface area (Å²) in [6, 6.07) is 10.5. The van der Waals surface area contributed by atoms with E-state index in [0.29, 0.717) is 35.0 Å². The molecule has 0 aliphatic heterocycles. The molecule has 0 radical (unpaired) electrons. The smallest absolute Gasteiger partial charge is 0.439 e. The van der Waals surface area contributed by atoms with E-state index in [4.69, 9.17) is 4.74 Å². The van der Waals surface area contributed by atoms with Crippen LogP contribution in [0.3, 0.4) is 0 Å². The minimum atomic E-state index is -4.38. The van der Waals surface area contributed by atoms with Crippen molar-refractivity contribution in [3.63, 3.8) is 0 Å². The molecule has 0 aliphatic carbocycles. The minimum Gasteiger partial charge on any atom is -0.485 e. The fourth-order valence-electron chi connectivity index (χ4n) is 3.63. The van der Waals surface area contributed by atoms with E-state index in [-0.39, 0.29) is 6.10 Å². The number of aromatic amines is 1. The zero-order valence-corrected chi connectivity index (χ0v) is 19.5. The first kappa shape index (κ1) is 23.7. The molecule has 2 aromatic carbocycles. The number of aryl methyl sites for hydroxylation is 2. The fourth-order valence-corrected chi connectivity index (χ4v) is 4.82. The van der Waals surface area contributed by atoms with Crippen molar-refractivity contribution in [1.29, 1.82) is 0 Å². The number of thiazole rings is 1. The summed E-state index contributed by atoms with van der Waals surface area (Å²) in [6.45, 7) is 5.85. The van der Waals surface area contributed by atoms with E-state index in [1.54, 1.807) is 6.07 Å². The number of hydrogen-bond acceptors (Lipinski definition) is 6. The third-order valence-corrected chi connectivity index (χ3v) is 6.68. The van der Waals surface area contributed by atoms with Gasteiger partial charge < -0.3 is 4.74 Å². The molecule has 4 aromatic rings. The number of aromatic nitrogens is 3. The van der Waals surface area contributed by atoms with Gasteiger partial charge in [-0.15, -0.1) is 11.3 Å². The predicted molar refractivity (Wildman–Crippen MR) is 123 cm³/mol. The predicted octanol–water partition coefficient (Wildman–Crippen LogP) is 6.57. The number of H-pyrrole nitrogens is 1. The van der Waals surface area contributed by atoms with Crippen molar-refractivity contribution in [2.45, 2.75) is 45.9 Å². The SMILES string of the molecule is CCc1cc(OC(CC)c2sc(-c3ccc(C(F)(F)F)cc3)nc2C)ccc1-c1noc(=O)[nH]1. The van der Waals surface area contributed by atoms with Gasteiger partial charge in [-0.25, -0.2) is 9.78 Å². The monoisotopic (exact) mass is 489 g/mol. The summed E-state index contributed by atoms with van der Waals surface area (Å²) >= 11 is 1.41. The lowest BCUT2D eigenvalue weighted by Gasteiger charge is -2.18. The molecular formula is C24H22F3N3O3S. The van der Waals surface area contributed by atoms with Gasteiger partial charge in [-0.3, -0.25) is 9.51 Å². The van der Waals surface area contributed by atoms with Crippen LogP contribution in [0, 0.1) is 6.92 Å². The lowest BCUT2D eigenvalue weighted by molar-refractivity contribution is -0.137. The van der Waals surface area contributed by atoms with Crippen LogP contribution in [-0.4, -0.2) is 15.1 Å². The Bertz CT molecular complexity index is 1340. The van der Waals surface area contributed by atoms with Gasteiger partial charge in [0.25, 0.3) is 0 Å². The summed E-state index contributed by atoms with van der Waals surface area (Å²) < 4.78 is 49.5. The van der Waals surface area contributed by atoms with E-state index < -0.39 is 17.5 Å². The van der Waals surface area contributed by atoms with Gasteiger partial charge in [-0.05, 0) is 55.7 Å². The molecule has 178 valence electrons. The van der Waals surface area contributed by atoms with Gasteiger partial charge in [-0.2, -0.15) is 13.2 Å². The second kappa shape index (κ2) is 9.46. The lowest BCUT2D eigenvalue weighted by atomic mass is 10.0. The molecular weight excluding hydrogens is 467 g/mol. The van der Waals surface area contributed by atoms with Crippen LogP contribution >= 0.6 is 11.3 Å². The van der Waals surface area contributed by atoms with Gasteiger partial charge >= 0.3 is 11.9 Å².